The van der Waals surface area contributed by atoms with Gasteiger partial charge in [-0.2, -0.15) is 0 Å². The highest BCUT2D eigenvalue weighted by atomic mass is 35.5. The van der Waals surface area contributed by atoms with Gasteiger partial charge in [-0.3, -0.25) is 4.79 Å². The van der Waals surface area contributed by atoms with Crippen LogP contribution in [0.1, 0.15) is 26.7 Å². The Labute approximate surface area is 64.6 Å². The molecule has 0 N–H and O–H groups in total. The van der Waals surface area contributed by atoms with E-state index < -0.39 is 10.5 Å². The first-order valence-electron chi connectivity index (χ1n) is 3.35. The van der Waals surface area contributed by atoms with Crippen LogP contribution >= 0.6 is 11.6 Å². The van der Waals surface area contributed by atoms with E-state index in [-0.39, 0.29) is 12.2 Å². The van der Waals surface area contributed by atoms with Crippen LogP contribution in [0.25, 0.3) is 0 Å². The predicted octanol–water partition coefficient (Wildman–Crippen LogP) is 2.28. The van der Waals surface area contributed by atoms with E-state index in [4.69, 9.17) is 11.6 Å². The van der Waals surface area contributed by atoms with Gasteiger partial charge in [0.2, 0.25) is 0 Å². The maximum Gasteiger partial charge on any atom is 0.197 e. The van der Waals surface area contributed by atoms with Crippen molar-refractivity contribution in [2.45, 2.75) is 31.8 Å². The minimum absolute atomic E-state index is 0.0787. The summed E-state index contributed by atoms with van der Waals surface area (Å²) in [4.78, 5) is 11.0. The van der Waals surface area contributed by atoms with Gasteiger partial charge in [0, 0.05) is 12.8 Å². The van der Waals surface area contributed by atoms with Crippen LogP contribution < -0.4 is 0 Å². The fraction of sp³-hybridized carbons (Fsp3) is 0.857. The third-order valence-corrected chi connectivity index (χ3v) is 2.75. The normalized spacial score (nSPS) is 45.2. The zero-order chi connectivity index (χ0) is 7.99. The second-order valence-electron chi connectivity index (χ2n) is 2.99. The monoisotopic (exact) mass is 164 g/mol. The summed E-state index contributed by atoms with van der Waals surface area (Å²) >= 11 is 5.33. The van der Waals surface area contributed by atoms with Gasteiger partial charge >= 0.3 is 0 Å². The van der Waals surface area contributed by atoms with Crippen molar-refractivity contribution in [3.05, 3.63) is 0 Å². The summed E-state index contributed by atoms with van der Waals surface area (Å²) in [6.45, 7) is 3.30. The van der Waals surface area contributed by atoms with Crippen LogP contribution in [-0.2, 0) is 4.79 Å². The van der Waals surface area contributed by atoms with Crippen molar-refractivity contribution in [1.29, 1.82) is 0 Å². The Balaban J connectivity index is 2.68. The zero-order valence-corrected chi connectivity index (χ0v) is 6.83. The molecule has 0 aromatic carbocycles. The van der Waals surface area contributed by atoms with Crippen LogP contribution in [0.5, 0.6) is 0 Å². The molecule has 1 nitrogen and oxygen atoms in total. The van der Waals surface area contributed by atoms with Gasteiger partial charge in [-0.15, -0.1) is 0 Å². The summed E-state index contributed by atoms with van der Waals surface area (Å²) < 4.78 is 12.8. The number of ketones is 1. The minimum atomic E-state index is -1.75. The van der Waals surface area contributed by atoms with Crippen molar-refractivity contribution >= 4 is 17.4 Å². The van der Waals surface area contributed by atoms with Gasteiger partial charge in [-0.1, -0.05) is 18.5 Å². The zero-order valence-electron chi connectivity index (χ0n) is 6.08. The van der Waals surface area contributed by atoms with E-state index in [1.54, 1.807) is 13.8 Å². The van der Waals surface area contributed by atoms with Gasteiger partial charge in [0.25, 0.3) is 0 Å². The molecular weight excluding hydrogens is 155 g/mol. The Bertz CT molecular complexity index is 178. The molecule has 1 aliphatic carbocycles. The second kappa shape index (κ2) is 1.94. The number of rotatable bonds is 2. The molecule has 0 aromatic rings. The van der Waals surface area contributed by atoms with Gasteiger partial charge in [0.1, 0.15) is 5.78 Å². The molecule has 1 saturated carbocycles. The molecule has 10 heavy (non-hydrogen) atoms. The van der Waals surface area contributed by atoms with Gasteiger partial charge in [0.15, 0.2) is 5.13 Å². The second-order valence-corrected chi connectivity index (χ2v) is 3.59. The molecule has 1 aliphatic rings. The number of hydrogen-bond donors (Lipinski definition) is 0. The first-order valence-corrected chi connectivity index (χ1v) is 3.73. The van der Waals surface area contributed by atoms with Crippen LogP contribution in [0.15, 0.2) is 0 Å². The molecule has 0 radical (unpaired) electrons. The smallest absolute Gasteiger partial charge is 0.197 e. The number of alkyl halides is 2. The Morgan fingerprint density at radius 3 is 2.30 bits per heavy atom. The molecule has 58 valence electrons. The Morgan fingerprint density at radius 2 is 2.20 bits per heavy atom. The summed E-state index contributed by atoms with van der Waals surface area (Å²) in [6, 6.07) is 0. The van der Waals surface area contributed by atoms with Crippen molar-refractivity contribution < 1.29 is 9.18 Å². The van der Waals surface area contributed by atoms with Crippen LogP contribution in [0.4, 0.5) is 4.39 Å². The number of halogens is 2. The van der Waals surface area contributed by atoms with E-state index in [0.29, 0.717) is 6.42 Å². The van der Waals surface area contributed by atoms with Crippen LogP contribution in [-0.4, -0.2) is 10.9 Å². The number of hydrogen-bond acceptors (Lipinski definition) is 1. The van der Waals surface area contributed by atoms with E-state index in [9.17, 15) is 9.18 Å². The molecule has 0 aliphatic heterocycles. The van der Waals surface area contributed by atoms with Gasteiger partial charge in [0.05, 0.1) is 5.41 Å². The van der Waals surface area contributed by atoms with Crippen molar-refractivity contribution in [2.75, 3.05) is 0 Å². The lowest BCUT2D eigenvalue weighted by Crippen LogP contribution is -2.17. The molecule has 1 fully saturated rings. The molecular formula is C7H10ClFO. The summed E-state index contributed by atoms with van der Waals surface area (Å²) in [7, 11) is 0. The summed E-state index contributed by atoms with van der Waals surface area (Å²) in [5.41, 5.74) is -0.886. The summed E-state index contributed by atoms with van der Waals surface area (Å²) in [6.07, 6.45) is 0.545. The molecule has 2 unspecified atom stereocenters. The van der Waals surface area contributed by atoms with Gasteiger partial charge < -0.3 is 0 Å². The van der Waals surface area contributed by atoms with E-state index in [1.807, 2.05) is 0 Å². The molecule has 2 atom stereocenters. The van der Waals surface area contributed by atoms with E-state index in [0.717, 1.165) is 0 Å². The molecule has 0 saturated heterocycles. The van der Waals surface area contributed by atoms with Crippen LogP contribution in [0, 0.1) is 5.41 Å². The van der Waals surface area contributed by atoms with Gasteiger partial charge in [-0.25, -0.2) is 4.39 Å². The van der Waals surface area contributed by atoms with Crippen molar-refractivity contribution in [3.63, 3.8) is 0 Å². The average Bonchev–Trinajstić information content (AvgIpc) is 2.32. The Morgan fingerprint density at radius 1 is 1.80 bits per heavy atom. The van der Waals surface area contributed by atoms with Crippen molar-refractivity contribution in [1.82, 2.24) is 0 Å². The SMILES string of the molecule is CCC(=O)C1(C)CC1(F)Cl. The van der Waals surface area contributed by atoms with Crippen LogP contribution in [0.3, 0.4) is 0 Å². The average molecular weight is 165 g/mol. The standard InChI is InChI=1S/C7H10ClFO/c1-3-5(10)6(2)4-7(6,8)9/h3-4H2,1-2H3. The summed E-state index contributed by atoms with van der Waals surface area (Å²) in [5, 5.41) is -1.75. The lowest BCUT2D eigenvalue weighted by atomic mass is 10.0. The number of carbonyl (C=O) groups excluding carboxylic acids is 1. The summed E-state index contributed by atoms with van der Waals surface area (Å²) in [5.74, 6) is -0.0787. The van der Waals surface area contributed by atoms with Gasteiger partial charge in [-0.05, 0) is 6.92 Å². The largest absolute Gasteiger partial charge is 0.299 e. The maximum absolute atomic E-state index is 12.8. The molecule has 0 spiro atoms. The van der Waals surface area contributed by atoms with E-state index in [1.165, 1.54) is 0 Å². The number of Topliss-reactive ketones (excluding diaryl/α,β-unsaturated/α-hetero) is 1. The fourth-order valence-electron chi connectivity index (χ4n) is 1.09. The maximum atomic E-state index is 12.8. The first-order chi connectivity index (χ1) is 4.44. The topological polar surface area (TPSA) is 17.1 Å². The highest BCUT2D eigenvalue weighted by molar-refractivity contribution is 6.28. The third kappa shape index (κ3) is 0.858. The highest BCUT2D eigenvalue weighted by Crippen LogP contribution is 2.62. The Hall–Kier alpha value is -0.110. The highest BCUT2D eigenvalue weighted by Gasteiger charge is 2.68. The molecule has 3 heteroatoms. The lowest BCUT2D eigenvalue weighted by Gasteiger charge is -2.06. The van der Waals surface area contributed by atoms with Crippen molar-refractivity contribution in [2.24, 2.45) is 5.41 Å². The molecule has 0 amide bonds. The number of carbonyl (C=O) groups is 1. The van der Waals surface area contributed by atoms with E-state index in [2.05, 4.69) is 0 Å². The minimum Gasteiger partial charge on any atom is -0.299 e. The molecule has 0 bridgehead atoms. The molecule has 0 heterocycles. The van der Waals surface area contributed by atoms with E-state index >= 15 is 0 Å². The Kier molecular flexibility index (Phi) is 1.55. The molecule has 1 rings (SSSR count). The van der Waals surface area contributed by atoms with Crippen molar-refractivity contribution in [3.8, 4) is 0 Å². The fourth-order valence-corrected chi connectivity index (χ4v) is 1.47. The first kappa shape index (κ1) is 7.99. The quantitative estimate of drug-likeness (QED) is 0.573. The third-order valence-electron chi connectivity index (χ3n) is 2.19. The lowest BCUT2D eigenvalue weighted by molar-refractivity contribution is -0.124. The van der Waals surface area contributed by atoms with Crippen LogP contribution in [0.2, 0.25) is 0 Å². The predicted molar refractivity (Wildman–Crippen MR) is 37.7 cm³/mol. The molecule has 0 aromatic heterocycles.